The SMILES string of the molecule is CN=C(NCCN(C(C)C)C(C)C)NCc1ccc(-n2ccnc2C)c(F)c1.I. The van der Waals surface area contributed by atoms with E-state index >= 15 is 0 Å². The molecule has 1 heterocycles. The van der Waals surface area contributed by atoms with Crippen LogP contribution in [0.3, 0.4) is 0 Å². The topological polar surface area (TPSA) is 57.5 Å². The molecule has 1 aromatic heterocycles. The second kappa shape index (κ2) is 12.1. The Morgan fingerprint density at radius 2 is 1.90 bits per heavy atom. The van der Waals surface area contributed by atoms with Crippen LogP contribution < -0.4 is 10.6 Å². The van der Waals surface area contributed by atoms with Crippen molar-refractivity contribution < 1.29 is 4.39 Å². The molecular formula is C21H34FIN6. The van der Waals surface area contributed by atoms with E-state index in [0.717, 1.165) is 24.5 Å². The lowest BCUT2D eigenvalue weighted by molar-refractivity contribution is 0.178. The van der Waals surface area contributed by atoms with Crippen LogP contribution in [0.15, 0.2) is 35.6 Å². The third-order valence-corrected chi connectivity index (χ3v) is 4.77. The summed E-state index contributed by atoms with van der Waals surface area (Å²) in [4.78, 5) is 10.8. The van der Waals surface area contributed by atoms with Gasteiger partial charge in [0, 0.05) is 51.2 Å². The van der Waals surface area contributed by atoms with Crippen LogP contribution in [0.5, 0.6) is 0 Å². The van der Waals surface area contributed by atoms with Gasteiger partial charge in [-0.15, -0.1) is 24.0 Å². The fourth-order valence-electron chi connectivity index (χ4n) is 3.31. The number of hydrogen-bond acceptors (Lipinski definition) is 3. The number of hydrogen-bond donors (Lipinski definition) is 2. The molecule has 29 heavy (non-hydrogen) atoms. The van der Waals surface area contributed by atoms with Gasteiger partial charge in [0.25, 0.3) is 0 Å². The molecule has 0 bridgehead atoms. The number of benzene rings is 1. The Morgan fingerprint density at radius 1 is 1.21 bits per heavy atom. The smallest absolute Gasteiger partial charge is 0.191 e. The minimum atomic E-state index is -0.271. The number of imidazole rings is 1. The normalized spacial score (nSPS) is 11.9. The van der Waals surface area contributed by atoms with Crippen LogP contribution in [0.4, 0.5) is 4.39 Å². The van der Waals surface area contributed by atoms with Crippen molar-refractivity contribution in [2.75, 3.05) is 20.1 Å². The number of aromatic nitrogens is 2. The summed E-state index contributed by atoms with van der Waals surface area (Å²) in [7, 11) is 1.74. The molecule has 0 atom stereocenters. The molecule has 1 aromatic carbocycles. The molecule has 0 spiro atoms. The Balaban J connectivity index is 0.00000420. The van der Waals surface area contributed by atoms with Gasteiger partial charge < -0.3 is 15.2 Å². The van der Waals surface area contributed by atoms with Crippen molar-refractivity contribution in [3.05, 3.63) is 47.8 Å². The predicted octanol–water partition coefficient (Wildman–Crippen LogP) is 3.72. The number of nitrogens with one attached hydrogen (secondary N) is 2. The van der Waals surface area contributed by atoms with Crippen LogP contribution in [0, 0.1) is 12.7 Å². The van der Waals surface area contributed by atoms with Crippen LogP contribution >= 0.6 is 24.0 Å². The van der Waals surface area contributed by atoms with Gasteiger partial charge in [-0.05, 0) is 52.3 Å². The highest BCUT2D eigenvalue weighted by Gasteiger charge is 2.13. The summed E-state index contributed by atoms with van der Waals surface area (Å²) in [5.74, 6) is 1.20. The maximum absolute atomic E-state index is 14.5. The number of guanidine groups is 1. The molecular weight excluding hydrogens is 482 g/mol. The van der Waals surface area contributed by atoms with Crippen LogP contribution in [-0.4, -0.2) is 52.6 Å². The molecule has 2 N–H and O–H groups in total. The molecule has 2 aromatic rings. The number of aliphatic imine (C=N–C) groups is 1. The summed E-state index contributed by atoms with van der Waals surface area (Å²) in [6.07, 6.45) is 3.43. The lowest BCUT2D eigenvalue weighted by Gasteiger charge is -2.30. The summed E-state index contributed by atoms with van der Waals surface area (Å²) in [6.45, 7) is 12.9. The van der Waals surface area contributed by atoms with E-state index in [1.807, 2.05) is 13.0 Å². The Labute approximate surface area is 191 Å². The first-order valence-corrected chi connectivity index (χ1v) is 9.82. The minimum Gasteiger partial charge on any atom is -0.355 e. The number of rotatable bonds is 8. The quantitative estimate of drug-likeness (QED) is 0.319. The maximum Gasteiger partial charge on any atom is 0.191 e. The van der Waals surface area contributed by atoms with Crippen molar-refractivity contribution in [3.63, 3.8) is 0 Å². The molecule has 6 nitrogen and oxygen atoms in total. The van der Waals surface area contributed by atoms with E-state index in [1.165, 1.54) is 0 Å². The average molecular weight is 516 g/mol. The maximum atomic E-state index is 14.5. The highest BCUT2D eigenvalue weighted by atomic mass is 127. The number of aryl methyl sites for hydroxylation is 1. The van der Waals surface area contributed by atoms with Crippen molar-refractivity contribution in [2.45, 2.75) is 53.2 Å². The lowest BCUT2D eigenvalue weighted by atomic mass is 10.2. The van der Waals surface area contributed by atoms with Gasteiger partial charge >= 0.3 is 0 Å². The zero-order chi connectivity index (χ0) is 20.7. The van der Waals surface area contributed by atoms with E-state index < -0.39 is 0 Å². The van der Waals surface area contributed by atoms with Crippen molar-refractivity contribution in [1.29, 1.82) is 0 Å². The Hall–Kier alpha value is -1.68. The van der Waals surface area contributed by atoms with Gasteiger partial charge in [0.15, 0.2) is 5.96 Å². The van der Waals surface area contributed by atoms with Gasteiger partial charge in [0.05, 0.1) is 5.69 Å². The van der Waals surface area contributed by atoms with E-state index in [9.17, 15) is 4.39 Å². The fourth-order valence-corrected chi connectivity index (χ4v) is 3.31. The molecule has 0 amide bonds. The Bertz CT molecular complexity index is 779. The van der Waals surface area contributed by atoms with E-state index in [2.05, 4.69) is 53.2 Å². The fraction of sp³-hybridized carbons (Fsp3) is 0.524. The Kier molecular flexibility index (Phi) is 10.6. The molecule has 0 aliphatic carbocycles. The molecule has 2 rings (SSSR count). The molecule has 0 aliphatic heterocycles. The zero-order valence-corrected chi connectivity index (χ0v) is 20.6. The van der Waals surface area contributed by atoms with Gasteiger partial charge in [-0.3, -0.25) is 9.89 Å². The van der Waals surface area contributed by atoms with Crippen molar-refractivity contribution in [1.82, 2.24) is 25.1 Å². The highest BCUT2D eigenvalue weighted by molar-refractivity contribution is 14.0. The lowest BCUT2D eigenvalue weighted by Crippen LogP contribution is -2.45. The van der Waals surface area contributed by atoms with Crippen LogP contribution in [0.25, 0.3) is 5.69 Å². The number of nitrogens with zero attached hydrogens (tertiary/aromatic N) is 4. The molecule has 0 radical (unpaired) electrons. The van der Waals surface area contributed by atoms with E-state index in [1.54, 1.807) is 36.1 Å². The molecule has 8 heteroatoms. The summed E-state index contributed by atoms with van der Waals surface area (Å²) in [6, 6.07) is 6.24. The molecule has 162 valence electrons. The minimum absolute atomic E-state index is 0. The van der Waals surface area contributed by atoms with Crippen molar-refractivity contribution in [3.8, 4) is 5.69 Å². The summed E-state index contributed by atoms with van der Waals surface area (Å²) >= 11 is 0. The summed E-state index contributed by atoms with van der Waals surface area (Å²) in [5.41, 5.74) is 1.36. The zero-order valence-electron chi connectivity index (χ0n) is 18.2. The molecule has 0 aliphatic rings. The molecule has 0 saturated carbocycles. The first kappa shape index (κ1) is 25.4. The van der Waals surface area contributed by atoms with E-state index in [-0.39, 0.29) is 29.8 Å². The van der Waals surface area contributed by atoms with Crippen molar-refractivity contribution >= 4 is 29.9 Å². The van der Waals surface area contributed by atoms with E-state index in [4.69, 9.17) is 0 Å². The van der Waals surface area contributed by atoms with E-state index in [0.29, 0.717) is 30.3 Å². The van der Waals surface area contributed by atoms with Crippen LogP contribution in [0.2, 0.25) is 0 Å². The third kappa shape index (κ3) is 7.26. The predicted molar refractivity (Wildman–Crippen MR) is 129 cm³/mol. The third-order valence-electron chi connectivity index (χ3n) is 4.77. The summed E-state index contributed by atoms with van der Waals surface area (Å²) < 4.78 is 16.3. The average Bonchev–Trinajstić information content (AvgIpc) is 3.06. The highest BCUT2D eigenvalue weighted by Crippen LogP contribution is 2.16. The molecule has 0 saturated heterocycles. The van der Waals surface area contributed by atoms with Gasteiger partial charge in [-0.2, -0.15) is 0 Å². The van der Waals surface area contributed by atoms with Gasteiger partial charge in [-0.1, -0.05) is 6.07 Å². The number of halogens is 2. The monoisotopic (exact) mass is 516 g/mol. The van der Waals surface area contributed by atoms with Gasteiger partial charge in [-0.25, -0.2) is 9.37 Å². The standard InChI is InChI=1S/C21H33FN6.HI/c1-15(2)27(16(3)4)11-10-25-21(23-6)26-14-18-7-8-20(19(22)13-18)28-12-9-24-17(28)5;/h7-9,12-13,15-16H,10-11,14H2,1-6H3,(H2,23,25,26);1H. The van der Waals surface area contributed by atoms with Crippen LogP contribution in [-0.2, 0) is 6.54 Å². The first-order chi connectivity index (χ1) is 13.3. The first-order valence-electron chi connectivity index (χ1n) is 9.82. The second-order valence-corrected chi connectivity index (χ2v) is 7.41. The van der Waals surface area contributed by atoms with Crippen molar-refractivity contribution in [2.24, 2.45) is 4.99 Å². The van der Waals surface area contributed by atoms with Crippen LogP contribution in [0.1, 0.15) is 39.1 Å². The molecule has 0 fully saturated rings. The molecule has 0 unspecified atom stereocenters. The Morgan fingerprint density at radius 3 is 2.41 bits per heavy atom. The largest absolute Gasteiger partial charge is 0.355 e. The van der Waals surface area contributed by atoms with Gasteiger partial charge in [0.1, 0.15) is 11.6 Å². The second-order valence-electron chi connectivity index (χ2n) is 7.41. The van der Waals surface area contributed by atoms with Gasteiger partial charge in [0.2, 0.25) is 0 Å². The summed E-state index contributed by atoms with van der Waals surface area (Å²) in [5, 5.41) is 6.57.